The predicted octanol–water partition coefficient (Wildman–Crippen LogP) is 3.78. The normalized spacial score (nSPS) is 12.5. The number of hydrogen-bond donors (Lipinski definition) is 1. The van der Waals surface area contributed by atoms with Crippen LogP contribution in [-0.2, 0) is 0 Å². The SMILES string of the molecule is Cc1nnc([C@H](C)Sc2n[nH]c(-c3ccccc3Br)n2)o1. The molecule has 0 aliphatic rings. The molecule has 2 aromatic heterocycles. The van der Waals surface area contributed by atoms with Gasteiger partial charge in [0.15, 0.2) is 5.82 Å². The van der Waals surface area contributed by atoms with E-state index in [9.17, 15) is 0 Å². The minimum atomic E-state index is -0.00550. The molecule has 0 saturated carbocycles. The van der Waals surface area contributed by atoms with Gasteiger partial charge in [0.05, 0.1) is 5.25 Å². The van der Waals surface area contributed by atoms with Crippen LogP contribution in [0.1, 0.15) is 24.0 Å². The van der Waals surface area contributed by atoms with E-state index in [1.54, 1.807) is 6.92 Å². The smallest absolute Gasteiger partial charge is 0.229 e. The molecular formula is C13H12BrN5OS. The van der Waals surface area contributed by atoms with Crippen LogP contribution in [-0.4, -0.2) is 25.4 Å². The van der Waals surface area contributed by atoms with Gasteiger partial charge in [-0.2, -0.15) is 0 Å². The molecule has 1 aromatic carbocycles. The molecule has 2 heterocycles. The highest BCUT2D eigenvalue weighted by Crippen LogP contribution is 2.33. The lowest BCUT2D eigenvalue weighted by Gasteiger charge is -2.01. The summed E-state index contributed by atoms with van der Waals surface area (Å²) < 4.78 is 6.38. The Bertz CT molecular complexity index is 756. The molecule has 6 nitrogen and oxygen atoms in total. The number of nitrogens with zero attached hydrogens (tertiary/aromatic N) is 4. The third-order valence-electron chi connectivity index (χ3n) is 2.77. The van der Waals surface area contributed by atoms with Crippen molar-refractivity contribution in [1.82, 2.24) is 25.4 Å². The first-order chi connectivity index (χ1) is 10.1. The Morgan fingerprint density at radius 2 is 2.10 bits per heavy atom. The fraction of sp³-hybridized carbons (Fsp3) is 0.231. The summed E-state index contributed by atoms with van der Waals surface area (Å²) in [5.74, 6) is 1.85. The minimum absolute atomic E-state index is 0.00550. The fourth-order valence-electron chi connectivity index (χ4n) is 1.76. The number of H-pyrrole nitrogens is 1. The fourth-order valence-corrected chi connectivity index (χ4v) is 2.98. The van der Waals surface area contributed by atoms with Gasteiger partial charge in [-0.1, -0.05) is 45.9 Å². The van der Waals surface area contributed by atoms with Crippen molar-refractivity contribution in [2.45, 2.75) is 24.3 Å². The highest BCUT2D eigenvalue weighted by atomic mass is 79.9. The molecule has 0 aliphatic heterocycles. The summed E-state index contributed by atoms with van der Waals surface area (Å²) in [6.07, 6.45) is 0. The maximum Gasteiger partial charge on any atom is 0.229 e. The number of nitrogens with one attached hydrogen (secondary N) is 1. The first-order valence-corrected chi connectivity index (χ1v) is 7.94. The third-order valence-corrected chi connectivity index (χ3v) is 4.41. The highest BCUT2D eigenvalue weighted by Gasteiger charge is 2.17. The van der Waals surface area contributed by atoms with Crippen molar-refractivity contribution in [2.24, 2.45) is 0 Å². The Hall–Kier alpha value is -1.67. The first-order valence-electron chi connectivity index (χ1n) is 6.27. The van der Waals surface area contributed by atoms with E-state index in [1.807, 2.05) is 31.2 Å². The number of benzene rings is 1. The van der Waals surface area contributed by atoms with E-state index >= 15 is 0 Å². The van der Waals surface area contributed by atoms with E-state index in [-0.39, 0.29) is 5.25 Å². The Balaban J connectivity index is 1.78. The summed E-state index contributed by atoms with van der Waals surface area (Å²) in [6, 6.07) is 7.86. The second kappa shape index (κ2) is 5.98. The molecule has 0 bridgehead atoms. The quantitative estimate of drug-likeness (QED) is 0.708. The van der Waals surface area contributed by atoms with E-state index in [0.29, 0.717) is 16.9 Å². The lowest BCUT2D eigenvalue weighted by atomic mass is 10.2. The molecule has 0 amide bonds. The van der Waals surface area contributed by atoms with Crippen molar-refractivity contribution in [3.63, 3.8) is 0 Å². The lowest BCUT2D eigenvalue weighted by molar-refractivity contribution is 0.470. The lowest BCUT2D eigenvalue weighted by Crippen LogP contribution is -1.89. The summed E-state index contributed by atoms with van der Waals surface area (Å²) in [5, 5.41) is 15.6. The van der Waals surface area contributed by atoms with Gasteiger partial charge in [-0.3, -0.25) is 5.10 Å². The van der Waals surface area contributed by atoms with Crippen LogP contribution in [0.4, 0.5) is 0 Å². The topological polar surface area (TPSA) is 80.5 Å². The van der Waals surface area contributed by atoms with E-state index in [4.69, 9.17) is 4.42 Å². The monoisotopic (exact) mass is 365 g/mol. The summed E-state index contributed by atoms with van der Waals surface area (Å²) in [4.78, 5) is 4.49. The molecule has 0 spiro atoms. The molecule has 0 radical (unpaired) electrons. The molecule has 3 rings (SSSR count). The van der Waals surface area contributed by atoms with Gasteiger partial charge < -0.3 is 4.42 Å². The first kappa shape index (κ1) is 14.3. The molecule has 3 aromatic rings. The van der Waals surface area contributed by atoms with Crippen LogP contribution in [0, 0.1) is 6.92 Å². The standard InChI is InChI=1S/C13H12BrN5OS/c1-7(12-18-16-8(2)20-12)21-13-15-11(17-19-13)9-5-3-4-6-10(9)14/h3-7H,1-2H3,(H,15,17,19)/t7-/m0/s1. The Morgan fingerprint density at radius 1 is 1.29 bits per heavy atom. The van der Waals surface area contributed by atoms with Gasteiger partial charge in [0.2, 0.25) is 16.9 Å². The number of halogens is 1. The number of aromatic amines is 1. The molecule has 0 unspecified atom stereocenters. The van der Waals surface area contributed by atoms with Gasteiger partial charge in [0.25, 0.3) is 0 Å². The van der Waals surface area contributed by atoms with Gasteiger partial charge in [0.1, 0.15) is 0 Å². The number of thioether (sulfide) groups is 1. The largest absolute Gasteiger partial charge is 0.424 e. The van der Waals surface area contributed by atoms with Gasteiger partial charge in [0, 0.05) is 17.0 Å². The van der Waals surface area contributed by atoms with Gasteiger partial charge in [-0.25, -0.2) is 4.98 Å². The minimum Gasteiger partial charge on any atom is -0.424 e. The van der Waals surface area contributed by atoms with Gasteiger partial charge in [-0.15, -0.1) is 15.3 Å². The molecule has 108 valence electrons. The predicted molar refractivity (Wildman–Crippen MR) is 82.8 cm³/mol. The number of aromatic nitrogens is 5. The maximum absolute atomic E-state index is 5.41. The average Bonchev–Trinajstić information content (AvgIpc) is 3.08. The summed E-state index contributed by atoms with van der Waals surface area (Å²) in [7, 11) is 0. The molecule has 8 heteroatoms. The van der Waals surface area contributed by atoms with Crippen LogP contribution < -0.4 is 0 Å². The van der Waals surface area contributed by atoms with Crippen molar-refractivity contribution < 1.29 is 4.42 Å². The number of hydrogen-bond acceptors (Lipinski definition) is 6. The van der Waals surface area contributed by atoms with Crippen molar-refractivity contribution in [1.29, 1.82) is 0 Å². The number of rotatable bonds is 4. The Labute approximate surface area is 133 Å². The number of aryl methyl sites for hydroxylation is 1. The molecular weight excluding hydrogens is 354 g/mol. The van der Waals surface area contributed by atoms with Gasteiger partial charge >= 0.3 is 0 Å². The maximum atomic E-state index is 5.41. The van der Waals surface area contributed by atoms with Gasteiger partial charge in [-0.05, 0) is 13.0 Å². The molecule has 0 aliphatic carbocycles. The van der Waals surface area contributed by atoms with E-state index in [0.717, 1.165) is 15.9 Å². The average molecular weight is 366 g/mol. The Kier molecular flexibility index (Phi) is 4.07. The zero-order chi connectivity index (χ0) is 14.8. The molecule has 1 N–H and O–H groups in total. The zero-order valence-corrected chi connectivity index (χ0v) is 13.8. The van der Waals surface area contributed by atoms with Crippen LogP contribution in [0.25, 0.3) is 11.4 Å². The van der Waals surface area contributed by atoms with Crippen molar-refractivity contribution in [2.75, 3.05) is 0 Å². The van der Waals surface area contributed by atoms with Crippen molar-refractivity contribution in [3.8, 4) is 11.4 Å². The highest BCUT2D eigenvalue weighted by molar-refractivity contribution is 9.10. The van der Waals surface area contributed by atoms with Crippen LogP contribution >= 0.6 is 27.7 Å². The van der Waals surface area contributed by atoms with E-state index in [2.05, 4.69) is 41.3 Å². The van der Waals surface area contributed by atoms with Crippen LogP contribution in [0.2, 0.25) is 0 Å². The summed E-state index contributed by atoms with van der Waals surface area (Å²) in [6.45, 7) is 3.75. The van der Waals surface area contributed by atoms with Crippen molar-refractivity contribution in [3.05, 3.63) is 40.5 Å². The zero-order valence-electron chi connectivity index (χ0n) is 11.4. The van der Waals surface area contributed by atoms with Crippen molar-refractivity contribution >= 4 is 27.7 Å². The summed E-state index contributed by atoms with van der Waals surface area (Å²) >= 11 is 4.97. The van der Waals surface area contributed by atoms with E-state index in [1.165, 1.54) is 11.8 Å². The van der Waals surface area contributed by atoms with E-state index < -0.39 is 0 Å². The summed E-state index contributed by atoms with van der Waals surface area (Å²) in [5.41, 5.74) is 0.970. The molecule has 0 fully saturated rings. The second-order valence-corrected chi connectivity index (χ2v) is 6.53. The van der Waals surface area contributed by atoms with Crippen LogP contribution in [0.15, 0.2) is 38.3 Å². The molecule has 1 atom stereocenters. The molecule has 0 saturated heterocycles. The second-order valence-electron chi connectivity index (χ2n) is 4.37. The van der Waals surface area contributed by atoms with Crippen LogP contribution in [0.5, 0.6) is 0 Å². The molecule has 21 heavy (non-hydrogen) atoms. The third kappa shape index (κ3) is 3.16. The van der Waals surface area contributed by atoms with Crippen LogP contribution in [0.3, 0.4) is 0 Å². The Morgan fingerprint density at radius 3 is 2.81 bits per heavy atom.